The number of carbonyl (C=O) groups excluding carboxylic acids is 1. The standard InChI is InChI=1S/C15H18O6/c1-15(2,17)13-12(19-4)10-7-6-20-14(16)11(7)8(18-3)5-9(10)21-13/h5,12-13,17H,6H2,1-4H3/t12-,13-/m1/s1. The maximum atomic E-state index is 11.9. The molecule has 2 aliphatic rings. The van der Waals surface area contributed by atoms with Crippen LogP contribution in [-0.4, -0.2) is 37.0 Å². The lowest BCUT2D eigenvalue weighted by Crippen LogP contribution is -2.42. The van der Waals surface area contributed by atoms with E-state index in [1.165, 1.54) is 7.11 Å². The highest BCUT2D eigenvalue weighted by Crippen LogP contribution is 2.49. The zero-order valence-corrected chi connectivity index (χ0v) is 12.4. The Morgan fingerprint density at radius 1 is 1.38 bits per heavy atom. The number of esters is 1. The van der Waals surface area contributed by atoms with Crippen LogP contribution in [0.15, 0.2) is 6.07 Å². The van der Waals surface area contributed by atoms with Crippen molar-refractivity contribution in [1.82, 2.24) is 0 Å². The van der Waals surface area contributed by atoms with Crippen LogP contribution in [0.4, 0.5) is 0 Å². The van der Waals surface area contributed by atoms with E-state index in [0.29, 0.717) is 22.6 Å². The molecule has 0 spiro atoms. The molecule has 1 aromatic rings. The largest absolute Gasteiger partial charge is 0.496 e. The molecule has 0 aliphatic carbocycles. The van der Waals surface area contributed by atoms with Crippen LogP contribution in [0, 0.1) is 0 Å². The minimum atomic E-state index is -1.09. The number of hydrogen-bond donors (Lipinski definition) is 1. The molecule has 6 heteroatoms. The van der Waals surface area contributed by atoms with Gasteiger partial charge in [-0.15, -0.1) is 0 Å². The highest BCUT2D eigenvalue weighted by Gasteiger charge is 2.47. The molecule has 1 N–H and O–H groups in total. The molecular weight excluding hydrogens is 276 g/mol. The van der Waals surface area contributed by atoms with Crippen LogP contribution < -0.4 is 9.47 Å². The summed E-state index contributed by atoms with van der Waals surface area (Å²) in [5, 5.41) is 10.3. The third-order valence-electron chi connectivity index (χ3n) is 3.94. The fourth-order valence-electron chi connectivity index (χ4n) is 2.96. The summed E-state index contributed by atoms with van der Waals surface area (Å²) in [6, 6.07) is 1.65. The number of methoxy groups -OCH3 is 2. The first kappa shape index (κ1) is 14.2. The summed E-state index contributed by atoms with van der Waals surface area (Å²) >= 11 is 0. The molecule has 0 amide bonds. The Kier molecular flexibility index (Phi) is 3.11. The SMILES string of the molecule is COc1cc2c(c3c1C(=O)OC3)[C@@H](OC)[C@H](C(C)(C)O)O2. The van der Waals surface area contributed by atoms with Crippen molar-refractivity contribution < 1.29 is 28.8 Å². The molecule has 114 valence electrons. The van der Waals surface area contributed by atoms with Crippen molar-refractivity contribution in [2.45, 2.75) is 38.3 Å². The summed E-state index contributed by atoms with van der Waals surface area (Å²) < 4.78 is 21.7. The fourth-order valence-corrected chi connectivity index (χ4v) is 2.96. The van der Waals surface area contributed by atoms with E-state index < -0.39 is 23.8 Å². The van der Waals surface area contributed by atoms with Gasteiger partial charge in [-0.05, 0) is 13.8 Å². The van der Waals surface area contributed by atoms with E-state index in [1.54, 1.807) is 27.0 Å². The van der Waals surface area contributed by atoms with E-state index in [1.807, 2.05) is 0 Å². The lowest BCUT2D eigenvalue weighted by molar-refractivity contribution is -0.0884. The number of aliphatic hydroxyl groups is 1. The zero-order chi connectivity index (χ0) is 15.4. The summed E-state index contributed by atoms with van der Waals surface area (Å²) in [6.45, 7) is 3.48. The Bertz CT molecular complexity index is 601. The minimum Gasteiger partial charge on any atom is -0.496 e. The number of rotatable bonds is 3. The van der Waals surface area contributed by atoms with Gasteiger partial charge in [0.1, 0.15) is 29.8 Å². The molecule has 0 aromatic heterocycles. The van der Waals surface area contributed by atoms with Crippen LogP contribution in [0.1, 0.15) is 41.4 Å². The van der Waals surface area contributed by atoms with Crippen LogP contribution >= 0.6 is 0 Å². The Balaban J connectivity index is 2.18. The smallest absolute Gasteiger partial charge is 0.342 e. The Morgan fingerprint density at radius 2 is 2.10 bits per heavy atom. The predicted octanol–water partition coefficient (Wildman–Crippen LogP) is 1.58. The van der Waals surface area contributed by atoms with Crippen molar-refractivity contribution in [2.75, 3.05) is 14.2 Å². The summed E-state index contributed by atoms with van der Waals surface area (Å²) in [4.78, 5) is 11.9. The van der Waals surface area contributed by atoms with Gasteiger partial charge in [0.15, 0.2) is 6.10 Å². The van der Waals surface area contributed by atoms with Gasteiger partial charge in [-0.3, -0.25) is 0 Å². The zero-order valence-electron chi connectivity index (χ0n) is 12.4. The Morgan fingerprint density at radius 3 is 2.67 bits per heavy atom. The van der Waals surface area contributed by atoms with Crippen LogP contribution in [0.2, 0.25) is 0 Å². The molecule has 2 aliphatic heterocycles. The van der Waals surface area contributed by atoms with Gasteiger partial charge in [0.2, 0.25) is 0 Å². The van der Waals surface area contributed by atoms with Gasteiger partial charge in [0.25, 0.3) is 0 Å². The van der Waals surface area contributed by atoms with Gasteiger partial charge in [0, 0.05) is 24.3 Å². The molecule has 0 bridgehead atoms. The molecule has 6 nitrogen and oxygen atoms in total. The first-order valence-electron chi connectivity index (χ1n) is 6.71. The molecule has 1 aromatic carbocycles. The lowest BCUT2D eigenvalue weighted by Gasteiger charge is -2.29. The van der Waals surface area contributed by atoms with Crippen molar-refractivity contribution in [3.05, 3.63) is 22.8 Å². The number of hydrogen-bond acceptors (Lipinski definition) is 6. The summed E-state index contributed by atoms with van der Waals surface area (Å²) in [5.41, 5.74) is 0.793. The monoisotopic (exact) mass is 294 g/mol. The second kappa shape index (κ2) is 4.61. The van der Waals surface area contributed by atoms with E-state index in [0.717, 1.165) is 5.56 Å². The second-order valence-corrected chi connectivity index (χ2v) is 5.77. The molecule has 3 rings (SSSR count). The van der Waals surface area contributed by atoms with Crippen molar-refractivity contribution in [3.8, 4) is 11.5 Å². The van der Waals surface area contributed by atoms with Gasteiger partial charge in [-0.1, -0.05) is 0 Å². The second-order valence-electron chi connectivity index (χ2n) is 5.77. The summed E-state index contributed by atoms with van der Waals surface area (Å²) in [7, 11) is 3.04. The van der Waals surface area contributed by atoms with Crippen molar-refractivity contribution in [3.63, 3.8) is 0 Å². The van der Waals surface area contributed by atoms with Crippen LogP contribution in [-0.2, 0) is 16.1 Å². The van der Waals surface area contributed by atoms with Crippen LogP contribution in [0.25, 0.3) is 0 Å². The van der Waals surface area contributed by atoms with E-state index in [-0.39, 0.29) is 6.61 Å². The average molecular weight is 294 g/mol. The third kappa shape index (κ3) is 1.98. The van der Waals surface area contributed by atoms with Gasteiger partial charge in [-0.2, -0.15) is 0 Å². The fraction of sp³-hybridized carbons (Fsp3) is 0.533. The minimum absolute atomic E-state index is 0.162. The normalized spacial score (nSPS) is 23.4. The molecule has 2 heterocycles. The number of benzene rings is 1. The van der Waals surface area contributed by atoms with Crippen molar-refractivity contribution in [1.29, 1.82) is 0 Å². The van der Waals surface area contributed by atoms with Gasteiger partial charge >= 0.3 is 5.97 Å². The molecule has 0 saturated heterocycles. The first-order chi connectivity index (χ1) is 9.88. The number of ether oxygens (including phenoxy) is 4. The third-order valence-corrected chi connectivity index (χ3v) is 3.94. The number of fused-ring (bicyclic) bond motifs is 3. The van der Waals surface area contributed by atoms with Crippen molar-refractivity contribution in [2.24, 2.45) is 0 Å². The highest BCUT2D eigenvalue weighted by atomic mass is 16.6. The molecule has 0 fully saturated rings. The average Bonchev–Trinajstić information content (AvgIpc) is 2.98. The molecule has 21 heavy (non-hydrogen) atoms. The molecule has 0 saturated carbocycles. The molecule has 0 radical (unpaired) electrons. The molecular formula is C15H18O6. The van der Waals surface area contributed by atoms with Crippen LogP contribution in [0.5, 0.6) is 11.5 Å². The summed E-state index contributed by atoms with van der Waals surface area (Å²) in [5.74, 6) is 0.562. The van der Waals surface area contributed by atoms with Gasteiger partial charge < -0.3 is 24.1 Å². The molecule has 2 atom stereocenters. The van der Waals surface area contributed by atoms with E-state index in [2.05, 4.69) is 0 Å². The highest BCUT2D eigenvalue weighted by molar-refractivity contribution is 5.97. The molecule has 0 unspecified atom stereocenters. The summed E-state index contributed by atoms with van der Waals surface area (Å²) in [6.07, 6.45) is -1.03. The number of cyclic esters (lactones) is 1. The van der Waals surface area contributed by atoms with Gasteiger partial charge in [0.05, 0.1) is 12.7 Å². The van der Waals surface area contributed by atoms with E-state index in [4.69, 9.17) is 18.9 Å². The predicted molar refractivity (Wildman–Crippen MR) is 72.6 cm³/mol. The van der Waals surface area contributed by atoms with Crippen molar-refractivity contribution >= 4 is 5.97 Å². The Hall–Kier alpha value is -1.79. The maximum Gasteiger partial charge on any atom is 0.342 e. The van der Waals surface area contributed by atoms with Gasteiger partial charge in [-0.25, -0.2) is 4.79 Å². The lowest BCUT2D eigenvalue weighted by atomic mass is 9.90. The first-order valence-corrected chi connectivity index (χ1v) is 6.71. The van der Waals surface area contributed by atoms with E-state index >= 15 is 0 Å². The van der Waals surface area contributed by atoms with Crippen LogP contribution in [0.3, 0.4) is 0 Å². The number of carbonyl (C=O) groups is 1. The topological polar surface area (TPSA) is 74.2 Å². The van der Waals surface area contributed by atoms with E-state index in [9.17, 15) is 9.90 Å². The quantitative estimate of drug-likeness (QED) is 0.853. The maximum absolute atomic E-state index is 11.9. The Labute approximate surface area is 122 Å².